The van der Waals surface area contributed by atoms with E-state index in [9.17, 15) is 0 Å². The molecule has 0 spiro atoms. The van der Waals surface area contributed by atoms with Gasteiger partial charge in [0.15, 0.2) is 0 Å². The van der Waals surface area contributed by atoms with Crippen LogP contribution in [0.5, 0.6) is 5.88 Å². The average molecular weight is 356 g/mol. The van der Waals surface area contributed by atoms with Crippen LogP contribution in [0.1, 0.15) is 25.5 Å². The normalized spacial score (nSPS) is 12.0. The average Bonchev–Trinajstić information content (AvgIpc) is 2.41. The van der Waals surface area contributed by atoms with Crippen LogP contribution in [0.2, 0.25) is 5.02 Å². The number of pyridine rings is 1. The molecule has 1 N–H and O–H groups in total. The molecular weight excluding hydrogens is 340 g/mol. The van der Waals surface area contributed by atoms with Crippen molar-refractivity contribution < 1.29 is 4.74 Å². The van der Waals surface area contributed by atoms with E-state index < -0.39 is 0 Å². The lowest BCUT2D eigenvalue weighted by Gasteiger charge is -2.18. The van der Waals surface area contributed by atoms with Crippen molar-refractivity contribution in [1.82, 2.24) is 4.98 Å². The van der Waals surface area contributed by atoms with Gasteiger partial charge in [0.25, 0.3) is 0 Å². The zero-order valence-electron chi connectivity index (χ0n) is 11.4. The van der Waals surface area contributed by atoms with Crippen molar-refractivity contribution in [2.75, 3.05) is 11.9 Å². The Bertz CT molecular complexity index is 592. The largest absolute Gasteiger partial charge is 0.476 e. The van der Waals surface area contributed by atoms with Gasteiger partial charge in [-0.15, -0.1) is 0 Å². The molecule has 2 aromatic rings. The first-order chi connectivity index (χ1) is 9.61. The van der Waals surface area contributed by atoms with E-state index >= 15 is 0 Å². The van der Waals surface area contributed by atoms with Crippen LogP contribution in [0, 0.1) is 0 Å². The van der Waals surface area contributed by atoms with Crippen molar-refractivity contribution >= 4 is 33.2 Å². The van der Waals surface area contributed by atoms with Crippen LogP contribution < -0.4 is 10.1 Å². The third-order valence-electron chi connectivity index (χ3n) is 2.85. The van der Waals surface area contributed by atoms with E-state index in [0.29, 0.717) is 12.5 Å². The Hall–Kier alpha value is -1.26. The standard InChI is InChI=1S/C15H16BrClN2O/c1-3-20-15-14(5-4-8-18-15)19-10(2)12-7-6-11(16)9-13(12)17/h4-10,19H,3H2,1-2H3. The number of hydrogen-bond acceptors (Lipinski definition) is 3. The number of benzene rings is 1. The Balaban J connectivity index is 2.21. The smallest absolute Gasteiger partial charge is 0.237 e. The van der Waals surface area contributed by atoms with Gasteiger partial charge >= 0.3 is 0 Å². The maximum atomic E-state index is 6.27. The molecule has 1 aromatic carbocycles. The second-order valence-corrected chi connectivity index (χ2v) is 5.64. The molecule has 0 radical (unpaired) electrons. The summed E-state index contributed by atoms with van der Waals surface area (Å²) in [7, 11) is 0. The molecule has 0 saturated carbocycles. The Morgan fingerprint density at radius 1 is 1.40 bits per heavy atom. The zero-order valence-corrected chi connectivity index (χ0v) is 13.7. The van der Waals surface area contributed by atoms with Crippen LogP contribution in [0.3, 0.4) is 0 Å². The van der Waals surface area contributed by atoms with Gasteiger partial charge in [0.2, 0.25) is 5.88 Å². The van der Waals surface area contributed by atoms with Crippen molar-refractivity contribution in [3.8, 4) is 5.88 Å². The van der Waals surface area contributed by atoms with E-state index in [1.165, 1.54) is 0 Å². The highest BCUT2D eigenvalue weighted by molar-refractivity contribution is 9.10. The van der Waals surface area contributed by atoms with E-state index in [1.54, 1.807) is 6.20 Å². The van der Waals surface area contributed by atoms with Crippen molar-refractivity contribution in [1.29, 1.82) is 0 Å². The molecule has 0 saturated heterocycles. The highest BCUT2D eigenvalue weighted by atomic mass is 79.9. The number of hydrogen-bond donors (Lipinski definition) is 1. The SMILES string of the molecule is CCOc1ncccc1NC(C)c1ccc(Br)cc1Cl. The second kappa shape index (κ2) is 6.95. The number of rotatable bonds is 5. The maximum Gasteiger partial charge on any atom is 0.237 e. The molecule has 1 atom stereocenters. The molecule has 0 aliphatic heterocycles. The van der Waals surface area contributed by atoms with Crippen LogP contribution >= 0.6 is 27.5 Å². The second-order valence-electron chi connectivity index (χ2n) is 4.32. The van der Waals surface area contributed by atoms with Gasteiger partial charge in [0.1, 0.15) is 0 Å². The fourth-order valence-electron chi connectivity index (χ4n) is 1.92. The van der Waals surface area contributed by atoms with Crippen molar-refractivity contribution in [2.45, 2.75) is 19.9 Å². The summed E-state index contributed by atoms with van der Waals surface area (Å²) in [6, 6.07) is 9.75. The van der Waals surface area contributed by atoms with Crippen molar-refractivity contribution in [3.63, 3.8) is 0 Å². The molecule has 2 rings (SSSR count). The summed E-state index contributed by atoms with van der Waals surface area (Å²) < 4.78 is 6.48. The van der Waals surface area contributed by atoms with E-state index in [1.807, 2.05) is 37.3 Å². The van der Waals surface area contributed by atoms with Crippen LogP contribution in [0.25, 0.3) is 0 Å². The fourth-order valence-corrected chi connectivity index (χ4v) is 2.75. The van der Waals surface area contributed by atoms with E-state index in [0.717, 1.165) is 20.7 Å². The van der Waals surface area contributed by atoms with Gasteiger partial charge < -0.3 is 10.1 Å². The van der Waals surface area contributed by atoms with Crippen molar-refractivity contribution in [3.05, 3.63) is 51.6 Å². The molecular formula is C15H16BrClN2O. The van der Waals surface area contributed by atoms with E-state index in [2.05, 4.69) is 33.2 Å². The number of halogens is 2. The molecule has 20 heavy (non-hydrogen) atoms. The number of nitrogens with one attached hydrogen (secondary N) is 1. The molecule has 0 aliphatic rings. The quantitative estimate of drug-likeness (QED) is 0.813. The summed E-state index contributed by atoms with van der Waals surface area (Å²) in [6.45, 7) is 4.57. The first-order valence-electron chi connectivity index (χ1n) is 6.41. The van der Waals surface area contributed by atoms with Crippen molar-refractivity contribution in [2.24, 2.45) is 0 Å². The predicted molar refractivity (Wildman–Crippen MR) is 86.6 cm³/mol. The minimum atomic E-state index is 0.0546. The van der Waals surface area contributed by atoms with Gasteiger partial charge in [0, 0.05) is 15.7 Å². The summed E-state index contributed by atoms with van der Waals surface area (Å²) in [6.07, 6.45) is 1.72. The minimum absolute atomic E-state index is 0.0546. The summed E-state index contributed by atoms with van der Waals surface area (Å²) in [5.41, 5.74) is 1.89. The van der Waals surface area contributed by atoms with Crippen LogP contribution in [0.4, 0.5) is 5.69 Å². The molecule has 0 fully saturated rings. The Labute approximate surface area is 132 Å². The molecule has 5 heteroatoms. The van der Waals surface area contributed by atoms with Gasteiger partial charge in [-0.1, -0.05) is 33.6 Å². The predicted octanol–water partition coefficient (Wildman–Crippen LogP) is 5.07. The third-order valence-corrected chi connectivity index (χ3v) is 3.67. The van der Waals surface area contributed by atoms with Gasteiger partial charge in [-0.05, 0) is 43.7 Å². The number of anilines is 1. The molecule has 1 unspecified atom stereocenters. The molecule has 1 heterocycles. The lowest BCUT2D eigenvalue weighted by molar-refractivity contribution is 0.328. The summed E-state index contributed by atoms with van der Waals surface area (Å²) >= 11 is 9.68. The Morgan fingerprint density at radius 3 is 2.90 bits per heavy atom. The van der Waals surface area contributed by atoms with Crippen LogP contribution in [-0.2, 0) is 0 Å². The fraction of sp³-hybridized carbons (Fsp3) is 0.267. The molecule has 0 aliphatic carbocycles. The first-order valence-corrected chi connectivity index (χ1v) is 7.58. The topological polar surface area (TPSA) is 34.1 Å². The number of aromatic nitrogens is 1. The highest BCUT2D eigenvalue weighted by Gasteiger charge is 2.12. The van der Waals surface area contributed by atoms with Crippen LogP contribution in [0.15, 0.2) is 41.0 Å². The van der Waals surface area contributed by atoms with Gasteiger partial charge in [-0.2, -0.15) is 0 Å². The molecule has 106 valence electrons. The molecule has 0 bridgehead atoms. The van der Waals surface area contributed by atoms with Crippen LogP contribution in [-0.4, -0.2) is 11.6 Å². The molecule has 3 nitrogen and oxygen atoms in total. The summed E-state index contributed by atoms with van der Waals surface area (Å²) in [5, 5.41) is 4.11. The Kier molecular flexibility index (Phi) is 5.26. The highest BCUT2D eigenvalue weighted by Crippen LogP contribution is 2.30. The molecule has 1 aromatic heterocycles. The maximum absolute atomic E-state index is 6.27. The summed E-state index contributed by atoms with van der Waals surface area (Å²) in [4.78, 5) is 4.23. The summed E-state index contributed by atoms with van der Waals surface area (Å²) in [5.74, 6) is 0.607. The minimum Gasteiger partial charge on any atom is -0.476 e. The first kappa shape index (κ1) is 15.1. The monoisotopic (exact) mass is 354 g/mol. The zero-order chi connectivity index (χ0) is 14.5. The lowest BCUT2D eigenvalue weighted by Crippen LogP contribution is -2.09. The Morgan fingerprint density at radius 2 is 2.20 bits per heavy atom. The van der Waals surface area contributed by atoms with Gasteiger partial charge in [-0.3, -0.25) is 0 Å². The van der Waals surface area contributed by atoms with E-state index in [-0.39, 0.29) is 6.04 Å². The van der Waals surface area contributed by atoms with Gasteiger partial charge in [0.05, 0.1) is 18.3 Å². The number of nitrogens with zero attached hydrogens (tertiary/aromatic N) is 1. The number of ether oxygens (including phenoxy) is 1. The third kappa shape index (κ3) is 3.64. The lowest BCUT2D eigenvalue weighted by atomic mass is 10.1. The molecule has 0 amide bonds. The van der Waals surface area contributed by atoms with E-state index in [4.69, 9.17) is 16.3 Å². The van der Waals surface area contributed by atoms with Gasteiger partial charge in [-0.25, -0.2) is 4.98 Å².